The highest BCUT2D eigenvalue weighted by Crippen LogP contribution is 2.13. The summed E-state index contributed by atoms with van der Waals surface area (Å²) < 4.78 is 0. The molecule has 0 aliphatic rings. The van der Waals surface area contributed by atoms with Crippen LogP contribution in [-0.2, 0) is 17.8 Å². The molecule has 1 aromatic carbocycles. The number of halogens is 1. The van der Waals surface area contributed by atoms with E-state index in [9.17, 15) is 4.79 Å². The summed E-state index contributed by atoms with van der Waals surface area (Å²) in [6.45, 7) is 0.439. The van der Waals surface area contributed by atoms with Crippen molar-refractivity contribution in [3.63, 3.8) is 0 Å². The van der Waals surface area contributed by atoms with E-state index in [2.05, 4.69) is 20.5 Å². The molecular weight excluding hydrogens is 256 g/mol. The summed E-state index contributed by atoms with van der Waals surface area (Å²) in [5, 5.41) is 18.9. The lowest BCUT2D eigenvalue weighted by Gasteiger charge is -2.03. The van der Waals surface area contributed by atoms with Crippen LogP contribution in [0.25, 0.3) is 0 Å². The number of hydrogen-bond donors (Lipinski definition) is 3. The van der Waals surface area contributed by atoms with Crippen molar-refractivity contribution in [1.82, 2.24) is 15.2 Å². The predicted octanol–water partition coefficient (Wildman–Crippen LogP) is 1.70. The van der Waals surface area contributed by atoms with Gasteiger partial charge in [-0.1, -0.05) is 11.6 Å². The summed E-state index contributed by atoms with van der Waals surface area (Å²) in [5.41, 5.74) is 0.899. The van der Waals surface area contributed by atoms with E-state index in [-0.39, 0.29) is 12.2 Å². The van der Waals surface area contributed by atoms with Gasteiger partial charge in [-0.2, -0.15) is 5.10 Å². The van der Waals surface area contributed by atoms with Crippen molar-refractivity contribution in [2.75, 3.05) is 5.32 Å². The Bertz CT molecular complexity index is 538. The van der Waals surface area contributed by atoms with Crippen molar-refractivity contribution >= 4 is 23.3 Å². The molecular formula is C11H11ClN4O2. The standard InChI is InChI=1S/C11H11ClN4O2/c12-7-1-3-8(4-2-7)13-6-10-14-9(15-16-10)5-11(17)18/h1-4,13H,5-6H2,(H,17,18)(H,14,15,16). The highest BCUT2D eigenvalue weighted by Gasteiger charge is 2.06. The van der Waals surface area contributed by atoms with Gasteiger partial charge < -0.3 is 10.4 Å². The molecule has 0 aliphatic heterocycles. The predicted molar refractivity (Wildman–Crippen MR) is 66.5 cm³/mol. The van der Waals surface area contributed by atoms with Crippen molar-refractivity contribution in [2.24, 2.45) is 0 Å². The zero-order valence-electron chi connectivity index (χ0n) is 9.35. The van der Waals surface area contributed by atoms with Crippen LogP contribution in [0.5, 0.6) is 0 Å². The maximum atomic E-state index is 10.5. The van der Waals surface area contributed by atoms with E-state index in [0.717, 1.165) is 5.69 Å². The molecule has 1 heterocycles. The fraction of sp³-hybridized carbons (Fsp3) is 0.182. The molecule has 3 N–H and O–H groups in total. The van der Waals surface area contributed by atoms with Crippen LogP contribution in [0.4, 0.5) is 5.69 Å². The van der Waals surface area contributed by atoms with Crippen LogP contribution in [-0.4, -0.2) is 26.3 Å². The number of benzene rings is 1. The molecule has 0 spiro atoms. The highest BCUT2D eigenvalue weighted by atomic mass is 35.5. The van der Waals surface area contributed by atoms with Crippen LogP contribution >= 0.6 is 11.6 Å². The van der Waals surface area contributed by atoms with Gasteiger partial charge in [0.25, 0.3) is 0 Å². The monoisotopic (exact) mass is 266 g/mol. The molecule has 0 amide bonds. The smallest absolute Gasteiger partial charge is 0.311 e. The largest absolute Gasteiger partial charge is 0.481 e. The van der Waals surface area contributed by atoms with Crippen molar-refractivity contribution in [3.8, 4) is 0 Å². The number of aromatic nitrogens is 3. The van der Waals surface area contributed by atoms with Gasteiger partial charge in [-0.25, -0.2) is 4.98 Å². The fourth-order valence-electron chi connectivity index (χ4n) is 1.38. The zero-order valence-corrected chi connectivity index (χ0v) is 10.1. The van der Waals surface area contributed by atoms with Gasteiger partial charge in [-0.3, -0.25) is 9.89 Å². The molecule has 0 saturated carbocycles. The third-order valence-electron chi connectivity index (χ3n) is 2.19. The van der Waals surface area contributed by atoms with Gasteiger partial charge in [0.05, 0.1) is 6.54 Å². The molecule has 94 valence electrons. The molecule has 0 radical (unpaired) electrons. The van der Waals surface area contributed by atoms with Crippen molar-refractivity contribution in [3.05, 3.63) is 40.9 Å². The van der Waals surface area contributed by atoms with Gasteiger partial charge in [0, 0.05) is 10.7 Å². The first kappa shape index (κ1) is 12.4. The minimum atomic E-state index is -0.953. The van der Waals surface area contributed by atoms with Gasteiger partial charge in [0.2, 0.25) is 0 Å². The van der Waals surface area contributed by atoms with E-state index >= 15 is 0 Å². The molecule has 0 bridgehead atoms. The average Bonchev–Trinajstić information content (AvgIpc) is 2.75. The quantitative estimate of drug-likeness (QED) is 0.766. The Kier molecular flexibility index (Phi) is 3.78. The van der Waals surface area contributed by atoms with Crippen molar-refractivity contribution in [2.45, 2.75) is 13.0 Å². The molecule has 7 heteroatoms. The first-order valence-corrected chi connectivity index (χ1v) is 5.62. The molecule has 0 saturated heterocycles. The average molecular weight is 267 g/mol. The van der Waals surface area contributed by atoms with Gasteiger partial charge >= 0.3 is 5.97 Å². The molecule has 6 nitrogen and oxygen atoms in total. The Morgan fingerprint density at radius 3 is 2.78 bits per heavy atom. The number of anilines is 1. The van der Waals surface area contributed by atoms with E-state index in [4.69, 9.17) is 16.7 Å². The second kappa shape index (κ2) is 5.50. The first-order valence-electron chi connectivity index (χ1n) is 5.25. The maximum absolute atomic E-state index is 10.5. The third-order valence-corrected chi connectivity index (χ3v) is 2.44. The van der Waals surface area contributed by atoms with Crippen LogP contribution in [0.1, 0.15) is 11.6 Å². The summed E-state index contributed by atoms with van der Waals surface area (Å²) in [6, 6.07) is 7.24. The Balaban J connectivity index is 1.92. The topological polar surface area (TPSA) is 90.9 Å². The Morgan fingerprint density at radius 2 is 2.11 bits per heavy atom. The SMILES string of the molecule is O=C(O)Cc1n[nH]c(CNc2ccc(Cl)cc2)n1. The van der Waals surface area contributed by atoms with Crippen molar-refractivity contribution in [1.29, 1.82) is 0 Å². The molecule has 18 heavy (non-hydrogen) atoms. The number of nitrogens with zero attached hydrogens (tertiary/aromatic N) is 2. The molecule has 0 atom stereocenters. The lowest BCUT2D eigenvalue weighted by molar-refractivity contribution is -0.136. The molecule has 0 fully saturated rings. The minimum Gasteiger partial charge on any atom is -0.481 e. The molecule has 0 aliphatic carbocycles. The number of carbonyl (C=O) groups is 1. The van der Waals surface area contributed by atoms with Crippen LogP contribution in [0.3, 0.4) is 0 Å². The number of aromatic amines is 1. The van der Waals surface area contributed by atoms with Crippen LogP contribution in [0.15, 0.2) is 24.3 Å². The van der Waals surface area contributed by atoms with Crippen LogP contribution in [0.2, 0.25) is 5.02 Å². The summed E-state index contributed by atoms with van der Waals surface area (Å²) in [4.78, 5) is 14.5. The Hall–Kier alpha value is -2.08. The summed E-state index contributed by atoms with van der Waals surface area (Å²) in [7, 11) is 0. The minimum absolute atomic E-state index is 0.183. The summed E-state index contributed by atoms with van der Waals surface area (Å²) >= 11 is 5.77. The summed E-state index contributed by atoms with van der Waals surface area (Å²) in [5.74, 6) is -0.0946. The van der Waals surface area contributed by atoms with Gasteiger partial charge in [0.1, 0.15) is 12.2 Å². The number of rotatable bonds is 5. The van der Waals surface area contributed by atoms with Gasteiger partial charge in [-0.15, -0.1) is 0 Å². The lowest BCUT2D eigenvalue weighted by atomic mass is 10.3. The number of H-pyrrole nitrogens is 1. The fourth-order valence-corrected chi connectivity index (χ4v) is 1.51. The molecule has 2 aromatic rings. The van der Waals surface area contributed by atoms with E-state index < -0.39 is 5.97 Å². The maximum Gasteiger partial charge on any atom is 0.311 e. The third kappa shape index (κ3) is 3.46. The van der Waals surface area contributed by atoms with Gasteiger partial charge in [-0.05, 0) is 24.3 Å². The summed E-state index contributed by atoms with van der Waals surface area (Å²) in [6.07, 6.45) is -0.183. The highest BCUT2D eigenvalue weighted by molar-refractivity contribution is 6.30. The van der Waals surface area contributed by atoms with Gasteiger partial charge in [0.15, 0.2) is 5.82 Å². The van der Waals surface area contributed by atoms with E-state index in [1.807, 2.05) is 12.1 Å². The number of aliphatic carboxylic acids is 1. The first-order chi connectivity index (χ1) is 8.63. The number of carboxylic acid groups (broad SMARTS) is 1. The van der Waals surface area contributed by atoms with E-state index in [1.165, 1.54) is 0 Å². The number of hydrogen-bond acceptors (Lipinski definition) is 4. The van der Waals surface area contributed by atoms with Crippen LogP contribution in [0, 0.1) is 0 Å². The molecule has 1 aromatic heterocycles. The molecule has 0 unspecified atom stereocenters. The second-order valence-corrected chi connectivity index (χ2v) is 4.07. The van der Waals surface area contributed by atoms with E-state index in [1.54, 1.807) is 12.1 Å². The zero-order chi connectivity index (χ0) is 13.0. The molecule has 2 rings (SSSR count). The Morgan fingerprint density at radius 1 is 1.39 bits per heavy atom. The number of carboxylic acids is 1. The normalized spacial score (nSPS) is 10.3. The van der Waals surface area contributed by atoms with Crippen molar-refractivity contribution < 1.29 is 9.90 Å². The second-order valence-electron chi connectivity index (χ2n) is 3.63. The van der Waals surface area contributed by atoms with Crippen LogP contribution < -0.4 is 5.32 Å². The van der Waals surface area contributed by atoms with E-state index in [0.29, 0.717) is 17.4 Å². The lowest BCUT2D eigenvalue weighted by Crippen LogP contribution is -2.03. The number of nitrogens with one attached hydrogen (secondary N) is 2. The Labute approximate surface area is 108 Å².